The molecule has 5 heteroatoms. The van der Waals surface area contributed by atoms with Gasteiger partial charge < -0.3 is 10.6 Å². The number of rotatable bonds is 5. The van der Waals surface area contributed by atoms with Crippen LogP contribution in [0.5, 0.6) is 0 Å². The standard InChI is InChI=1S/C22H18ClN3O/c23-18-9-4-6-16(14-18)12-13-21(27)25-19-10-5-11-20(15-19)26-22(24)17-7-2-1-3-8-17/h1-15H,(H2,24,26)(H,25,27)/b13-12+. The minimum atomic E-state index is -0.245. The van der Waals surface area contributed by atoms with Crippen LogP contribution in [0.4, 0.5) is 11.4 Å². The van der Waals surface area contributed by atoms with E-state index >= 15 is 0 Å². The molecule has 1 amide bonds. The molecule has 0 aliphatic carbocycles. The summed E-state index contributed by atoms with van der Waals surface area (Å²) in [6.45, 7) is 0. The second-order valence-electron chi connectivity index (χ2n) is 5.82. The zero-order valence-corrected chi connectivity index (χ0v) is 15.2. The van der Waals surface area contributed by atoms with Gasteiger partial charge in [0.1, 0.15) is 5.84 Å². The molecule has 3 N–H and O–H groups in total. The van der Waals surface area contributed by atoms with Gasteiger partial charge in [-0.1, -0.05) is 60.1 Å². The fourth-order valence-corrected chi connectivity index (χ4v) is 2.66. The first-order valence-electron chi connectivity index (χ1n) is 8.36. The monoisotopic (exact) mass is 375 g/mol. The van der Waals surface area contributed by atoms with Gasteiger partial charge in [-0.2, -0.15) is 0 Å². The van der Waals surface area contributed by atoms with E-state index in [-0.39, 0.29) is 5.91 Å². The molecular weight excluding hydrogens is 358 g/mol. The topological polar surface area (TPSA) is 65.0 Å². The summed E-state index contributed by atoms with van der Waals surface area (Å²) in [6.07, 6.45) is 3.16. The smallest absolute Gasteiger partial charge is 0.248 e. The van der Waals surface area contributed by atoms with Gasteiger partial charge in [-0.05, 0) is 42.0 Å². The summed E-state index contributed by atoms with van der Waals surface area (Å²) < 4.78 is 0. The number of carbonyl (C=O) groups excluding carboxylic acids is 1. The number of anilines is 2. The van der Waals surface area contributed by atoms with Gasteiger partial charge in [-0.25, -0.2) is 0 Å². The second-order valence-corrected chi connectivity index (χ2v) is 6.26. The van der Waals surface area contributed by atoms with Crippen LogP contribution >= 0.6 is 11.6 Å². The number of carbonyl (C=O) groups is 1. The summed E-state index contributed by atoms with van der Waals surface area (Å²) in [5, 5.41) is 14.6. The van der Waals surface area contributed by atoms with Gasteiger partial charge in [0.25, 0.3) is 0 Å². The van der Waals surface area contributed by atoms with Gasteiger partial charge in [0.2, 0.25) is 5.91 Å². The summed E-state index contributed by atoms with van der Waals surface area (Å²) in [7, 11) is 0. The van der Waals surface area contributed by atoms with E-state index in [1.165, 1.54) is 6.08 Å². The normalized spacial score (nSPS) is 10.6. The van der Waals surface area contributed by atoms with Crippen molar-refractivity contribution in [2.45, 2.75) is 0 Å². The lowest BCUT2D eigenvalue weighted by Crippen LogP contribution is -2.12. The minimum Gasteiger partial charge on any atom is -0.340 e. The molecule has 0 spiro atoms. The van der Waals surface area contributed by atoms with Crippen molar-refractivity contribution in [3.63, 3.8) is 0 Å². The molecule has 0 aliphatic rings. The number of benzene rings is 3. The van der Waals surface area contributed by atoms with Crippen LogP contribution in [0.25, 0.3) is 6.08 Å². The van der Waals surface area contributed by atoms with Crippen LogP contribution in [0.15, 0.2) is 84.9 Å². The number of nitrogens with one attached hydrogen (secondary N) is 3. The molecule has 0 saturated carbocycles. The maximum Gasteiger partial charge on any atom is 0.248 e. The summed E-state index contributed by atoms with van der Waals surface area (Å²) >= 11 is 5.93. The Kier molecular flexibility index (Phi) is 6.02. The Balaban J connectivity index is 1.63. The first-order chi connectivity index (χ1) is 13.1. The number of hydrogen-bond donors (Lipinski definition) is 3. The third-order valence-corrected chi connectivity index (χ3v) is 3.97. The molecule has 3 aromatic rings. The average Bonchev–Trinajstić information content (AvgIpc) is 2.67. The highest BCUT2D eigenvalue weighted by atomic mass is 35.5. The van der Waals surface area contributed by atoms with Crippen molar-refractivity contribution in [3.8, 4) is 0 Å². The van der Waals surface area contributed by atoms with Crippen molar-refractivity contribution >= 4 is 40.8 Å². The molecule has 134 valence electrons. The van der Waals surface area contributed by atoms with Crippen LogP contribution in [0.3, 0.4) is 0 Å². The van der Waals surface area contributed by atoms with Gasteiger partial charge in [-0.3, -0.25) is 10.2 Å². The fourth-order valence-electron chi connectivity index (χ4n) is 2.46. The Morgan fingerprint density at radius 3 is 2.30 bits per heavy atom. The molecule has 27 heavy (non-hydrogen) atoms. The maximum absolute atomic E-state index is 12.1. The molecule has 0 aromatic heterocycles. The molecule has 0 fully saturated rings. The first-order valence-corrected chi connectivity index (χ1v) is 8.74. The number of amides is 1. The van der Waals surface area contributed by atoms with Crippen molar-refractivity contribution in [3.05, 3.63) is 101 Å². The van der Waals surface area contributed by atoms with Gasteiger partial charge in [0, 0.05) is 28.0 Å². The lowest BCUT2D eigenvalue weighted by molar-refractivity contribution is -0.111. The lowest BCUT2D eigenvalue weighted by atomic mass is 10.2. The predicted molar refractivity (Wildman–Crippen MR) is 112 cm³/mol. The Bertz CT molecular complexity index is 984. The Hall–Kier alpha value is -3.37. The number of amidine groups is 1. The summed E-state index contributed by atoms with van der Waals surface area (Å²) in [4.78, 5) is 12.1. The van der Waals surface area contributed by atoms with E-state index in [2.05, 4.69) is 10.6 Å². The van der Waals surface area contributed by atoms with Crippen LogP contribution in [0.2, 0.25) is 5.02 Å². The van der Waals surface area contributed by atoms with Crippen LogP contribution in [-0.2, 0) is 4.79 Å². The molecule has 0 bridgehead atoms. The molecule has 0 unspecified atom stereocenters. The van der Waals surface area contributed by atoms with Gasteiger partial charge >= 0.3 is 0 Å². The van der Waals surface area contributed by atoms with E-state index in [9.17, 15) is 4.79 Å². The number of hydrogen-bond acceptors (Lipinski definition) is 2. The summed E-state index contributed by atoms with van der Waals surface area (Å²) in [5.41, 5.74) is 3.00. The molecule has 0 saturated heterocycles. The molecule has 0 atom stereocenters. The minimum absolute atomic E-state index is 0.245. The van der Waals surface area contributed by atoms with E-state index in [0.29, 0.717) is 16.5 Å². The SMILES string of the molecule is N=C(Nc1cccc(NC(=O)/C=C/c2cccc(Cl)c2)c1)c1ccccc1. The van der Waals surface area contributed by atoms with Crippen LogP contribution < -0.4 is 10.6 Å². The third kappa shape index (κ3) is 5.56. The Morgan fingerprint density at radius 1 is 0.852 bits per heavy atom. The first kappa shape index (κ1) is 18.4. The molecule has 0 heterocycles. The van der Waals surface area contributed by atoms with E-state index in [0.717, 1.165) is 16.8 Å². The highest BCUT2D eigenvalue weighted by Crippen LogP contribution is 2.17. The third-order valence-electron chi connectivity index (χ3n) is 3.74. The quantitative estimate of drug-likeness (QED) is 0.316. The molecular formula is C22H18ClN3O. The van der Waals surface area contributed by atoms with Crippen molar-refractivity contribution in [1.82, 2.24) is 0 Å². The van der Waals surface area contributed by atoms with E-state index in [1.807, 2.05) is 54.6 Å². The van der Waals surface area contributed by atoms with Crippen molar-refractivity contribution in [2.75, 3.05) is 10.6 Å². The maximum atomic E-state index is 12.1. The Labute approximate surface area is 163 Å². The zero-order valence-electron chi connectivity index (χ0n) is 14.4. The summed E-state index contributed by atoms with van der Waals surface area (Å²) in [5.74, 6) is 0.0465. The van der Waals surface area contributed by atoms with Crippen molar-refractivity contribution in [2.24, 2.45) is 0 Å². The van der Waals surface area contributed by atoms with Crippen molar-refractivity contribution in [1.29, 1.82) is 5.41 Å². The van der Waals surface area contributed by atoms with E-state index < -0.39 is 0 Å². The van der Waals surface area contributed by atoms with Crippen LogP contribution in [0.1, 0.15) is 11.1 Å². The Morgan fingerprint density at radius 2 is 1.56 bits per heavy atom. The largest absolute Gasteiger partial charge is 0.340 e. The predicted octanol–water partition coefficient (Wildman–Crippen LogP) is 5.43. The second kappa shape index (κ2) is 8.83. The van der Waals surface area contributed by atoms with Crippen LogP contribution in [-0.4, -0.2) is 11.7 Å². The van der Waals surface area contributed by atoms with Gasteiger partial charge in [0.05, 0.1) is 0 Å². The molecule has 0 aliphatic heterocycles. The number of halogens is 1. The summed E-state index contributed by atoms with van der Waals surface area (Å²) in [6, 6.07) is 23.9. The zero-order chi connectivity index (χ0) is 19.1. The highest BCUT2D eigenvalue weighted by Gasteiger charge is 2.03. The van der Waals surface area contributed by atoms with Gasteiger partial charge in [-0.15, -0.1) is 0 Å². The molecule has 4 nitrogen and oxygen atoms in total. The lowest BCUT2D eigenvalue weighted by Gasteiger charge is -2.10. The van der Waals surface area contributed by atoms with Crippen LogP contribution in [0, 0.1) is 5.41 Å². The van der Waals surface area contributed by atoms with E-state index in [1.54, 1.807) is 30.3 Å². The average molecular weight is 376 g/mol. The van der Waals surface area contributed by atoms with E-state index in [4.69, 9.17) is 17.0 Å². The molecule has 3 aromatic carbocycles. The highest BCUT2D eigenvalue weighted by molar-refractivity contribution is 6.30. The fraction of sp³-hybridized carbons (Fsp3) is 0. The van der Waals surface area contributed by atoms with Gasteiger partial charge in [0.15, 0.2) is 0 Å². The van der Waals surface area contributed by atoms with Crippen molar-refractivity contribution < 1.29 is 4.79 Å². The molecule has 3 rings (SSSR count). The molecule has 0 radical (unpaired) electrons.